The van der Waals surface area contributed by atoms with Crippen LogP contribution in [0, 0.1) is 12.8 Å². The number of nitrogens with zero attached hydrogens (tertiary/aromatic N) is 1. The maximum absolute atomic E-state index is 12.8. The van der Waals surface area contributed by atoms with E-state index in [2.05, 4.69) is 5.32 Å². The molecule has 0 radical (unpaired) electrons. The first-order valence-corrected chi connectivity index (χ1v) is 7.56. The third kappa shape index (κ3) is 4.37. The quantitative estimate of drug-likeness (QED) is 0.889. The first-order valence-electron chi connectivity index (χ1n) is 7.56. The highest BCUT2D eigenvalue weighted by Crippen LogP contribution is 2.32. The molecule has 1 saturated carbocycles. The lowest BCUT2D eigenvalue weighted by Gasteiger charge is -2.24. The summed E-state index contributed by atoms with van der Waals surface area (Å²) in [6.07, 6.45) is -2.37. The molecule has 0 saturated heterocycles. The summed E-state index contributed by atoms with van der Waals surface area (Å²) in [6, 6.07) is 2.78. The zero-order chi connectivity index (χ0) is 17.2. The van der Waals surface area contributed by atoms with Gasteiger partial charge in [0.1, 0.15) is 0 Å². The number of rotatable bonds is 3. The van der Waals surface area contributed by atoms with Crippen LogP contribution in [0.5, 0.6) is 0 Å². The molecule has 0 aliphatic heterocycles. The number of alkyl halides is 3. The van der Waals surface area contributed by atoms with E-state index in [1.54, 1.807) is 14.0 Å². The highest BCUT2D eigenvalue weighted by Gasteiger charge is 2.31. The molecule has 0 heterocycles. The molecule has 1 fully saturated rings. The second kappa shape index (κ2) is 6.78. The van der Waals surface area contributed by atoms with E-state index in [1.165, 1.54) is 11.0 Å². The molecule has 2 atom stereocenters. The normalized spacial score (nSPS) is 21.3. The summed E-state index contributed by atoms with van der Waals surface area (Å²) in [7, 11) is 1.57. The summed E-state index contributed by atoms with van der Waals surface area (Å²) in [5.74, 6) is 0.0216. The third-order valence-corrected chi connectivity index (χ3v) is 4.28. The largest absolute Gasteiger partial charge is 0.416 e. The van der Waals surface area contributed by atoms with Crippen molar-refractivity contribution in [1.82, 2.24) is 4.90 Å². The fourth-order valence-corrected chi connectivity index (χ4v) is 2.81. The Morgan fingerprint density at radius 1 is 1.39 bits per heavy atom. The minimum Gasteiger partial charge on any atom is -0.393 e. The smallest absolute Gasteiger partial charge is 0.393 e. The molecule has 2 rings (SSSR count). The summed E-state index contributed by atoms with van der Waals surface area (Å²) >= 11 is 0. The van der Waals surface area contributed by atoms with E-state index < -0.39 is 23.9 Å². The van der Waals surface area contributed by atoms with Gasteiger partial charge in [0.15, 0.2) is 0 Å². The number of hydrogen-bond acceptors (Lipinski definition) is 2. The van der Waals surface area contributed by atoms with Gasteiger partial charge in [0.25, 0.3) is 0 Å². The maximum Gasteiger partial charge on any atom is 0.416 e. The van der Waals surface area contributed by atoms with Gasteiger partial charge in [-0.1, -0.05) is 12.5 Å². The average molecular weight is 330 g/mol. The van der Waals surface area contributed by atoms with Crippen LogP contribution < -0.4 is 5.32 Å². The van der Waals surface area contributed by atoms with Crippen LogP contribution in [-0.2, 0) is 6.18 Å². The second-order valence-corrected chi connectivity index (χ2v) is 6.10. The molecule has 1 aromatic carbocycles. The summed E-state index contributed by atoms with van der Waals surface area (Å²) in [6.45, 7) is 2.02. The molecular formula is C16H21F3N2O2. The number of benzene rings is 1. The first-order chi connectivity index (χ1) is 10.7. The van der Waals surface area contributed by atoms with Crippen LogP contribution in [0.4, 0.5) is 23.7 Å². The van der Waals surface area contributed by atoms with Crippen LogP contribution in [0.15, 0.2) is 18.2 Å². The van der Waals surface area contributed by atoms with Crippen molar-refractivity contribution < 1.29 is 23.1 Å². The molecule has 23 heavy (non-hydrogen) atoms. The SMILES string of the molecule is Cc1ccc(C(F)(F)F)cc1NC(=O)N(C)CC1CCCC1O. The number of halogens is 3. The number of anilines is 1. The first kappa shape index (κ1) is 17.6. The van der Waals surface area contributed by atoms with E-state index in [1.807, 2.05) is 0 Å². The van der Waals surface area contributed by atoms with E-state index in [4.69, 9.17) is 0 Å². The van der Waals surface area contributed by atoms with Crippen molar-refractivity contribution in [3.63, 3.8) is 0 Å². The number of carbonyl (C=O) groups excluding carboxylic acids is 1. The molecule has 1 aliphatic rings. The zero-order valence-corrected chi connectivity index (χ0v) is 13.2. The van der Waals surface area contributed by atoms with E-state index in [0.717, 1.165) is 31.4 Å². The Balaban J connectivity index is 2.04. The van der Waals surface area contributed by atoms with Crippen LogP contribution >= 0.6 is 0 Å². The minimum absolute atomic E-state index is 0.0216. The van der Waals surface area contributed by atoms with Crippen molar-refractivity contribution in [2.75, 3.05) is 18.9 Å². The van der Waals surface area contributed by atoms with Crippen molar-refractivity contribution >= 4 is 11.7 Å². The van der Waals surface area contributed by atoms with Gasteiger partial charge in [-0.05, 0) is 37.5 Å². The highest BCUT2D eigenvalue weighted by atomic mass is 19.4. The van der Waals surface area contributed by atoms with Gasteiger partial charge >= 0.3 is 12.2 Å². The Bertz CT molecular complexity index is 575. The van der Waals surface area contributed by atoms with Crippen molar-refractivity contribution in [1.29, 1.82) is 0 Å². The summed E-state index contributed by atoms with van der Waals surface area (Å²) in [5.41, 5.74) is -0.100. The molecule has 0 bridgehead atoms. The highest BCUT2D eigenvalue weighted by molar-refractivity contribution is 5.90. The van der Waals surface area contributed by atoms with E-state index in [0.29, 0.717) is 12.1 Å². The molecule has 4 nitrogen and oxygen atoms in total. The van der Waals surface area contributed by atoms with Crippen LogP contribution in [-0.4, -0.2) is 35.7 Å². The molecule has 0 spiro atoms. The van der Waals surface area contributed by atoms with E-state index >= 15 is 0 Å². The van der Waals surface area contributed by atoms with E-state index in [9.17, 15) is 23.1 Å². The summed E-state index contributed by atoms with van der Waals surface area (Å²) in [4.78, 5) is 13.6. The predicted molar refractivity (Wildman–Crippen MR) is 81.2 cm³/mol. The number of hydrogen-bond donors (Lipinski definition) is 2. The van der Waals surface area contributed by atoms with Crippen molar-refractivity contribution in [3.05, 3.63) is 29.3 Å². The van der Waals surface area contributed by atoms with Gasteiger partial charge in [0, 0.05) is 25.2 Å². The average Bonchev–Trinajstić information content (AvgIpc) is 2.85. The molecule has 2 amide bonds. The lowest BCUT2D eigenvalue weighted by Crippen LogP contribution is -2.37. The van der Waals surface area contributed by atoms with Gasteiger partial charge in [0.2, 0.25) is 0 Å². The Morgan fingerprint density at radius 3 is 2.65 bits per heavy atom. The monoisotopic (exact) mass is 330 g/mol. The fourth-order valence-electron chi connectivity index (χ4n) is 2.81. The van der Waals surface area contributed by atoms with Gasteiger partial charge < -0.3 is 15.3 Å². The Morgan fingerprint density at radius 2 is 2.09 bits per heavy atom. The van der Waals surface area contributed by atoms with Gasteiger partial charge in [-0.3, -0.25) is 0 Å². The van der Waals surface area contributed by atoms with E-state index in [-0.39, 0.29) is 11.6 Å². The summed E-state index contributed by atoms with van der Waals surface area (Å²) < 4.78 is 38.3. The molecule has 1 aliphatic carbocycles. The lowest BCUT2D eigenvalue weighted by molar-refractivity contribution is -0.137. The fraction of sp³-hybridized carbons (Fsp3) is 0.562. The number of amides is 2. The Kier molecular flexibility index (Phi) is 5.19. The van der Waals surface area contributed by atoms with Crippen LogP contribution in [0.2, 0.25) is 0 Å². The summed E-state index contributed by atoms with van der Waals surface area (Å²) in [5, 5.41) is 12.3. The maximum atomic E-state index is 12.8. The lowest BCUT2D eigenvalue weighted by atomic mass is 10.1. The van der Waals surface area contributed by atoms with Gasteiger partial charge in [0.05, 0.1) is 11.7 Å². The van der Waals surface area contributed by atoms with Crippen LogP contribution in [0.1, 0.15) is 30.4 Å². The predicted octanol–water partition coefficient (Wildman–Crippen LogP) is 3.64. The number of aryl methyl sites for hydroxylation is 1. The van der Waals surface area contributed by atoms with Crippen molar-refractivity contribution in [2.24, 2.45) is 5.92 Å². The molecular weight excluding hydrogens is 309 g/mol. The molecule has 2 N–H and O–H groups in total. The van der Waals surface area contributed by atoms with Crippen LogP contribution in [0.25, 0.3) is 0 Å². The molecule has 128 valence electrons. The number of nitrogens with one attached hydrogen (secondary N) is 1. The molecule has 0 aromatic heterocycles. The van der Waals surface area contributed by atoms with Crippen molar-refractivity contribution in [3.8, 4) is 0 Å². The Labute approximate surface area is 133 Å². The minimum atomic E-state index is -4.45. The molecule has 1 aromatic rings. The van der Waals surface area contributed by atoms with Crippen molar-refractivity contribution in [2.45, 2.75) is 38.5 Å². The van der Waals surface area contributed by atoms with Gasteiger partial charge in [-0.15, -0.1) is 0 Å². The number of aliphatic hydroxyl groups is 1. The standard InChI is InChI=1S/C16H21F3N2O2/c1-10-6-7-12(16(17,18)19)8-13(10)20-15(23)21(2)9-11-4-3-5-14(11)22/h6-8,11,14,22H,3-5,9H2,1-2H3,(H,20,23). The second-order valence-electron chi connectivity index (χ2n) is 6.10. The molecule has 7 heteroatoms. The number of aliphatic hydroxyl groups excluding tert-OH is 1. The molecule has 2 unspecified atom stereocenters. The van der Waals surface area contributed by atoms with Crippen LogP contribution in [0.3, 0.4) is 0 Å². The third-order valence-electron chi connectivity index (χ3n) is 4.28. The number of carbonyl (C=O) groups is 1. The van der Waals surface area contributed by atoms with Gasteiger partial charge in [-0.2, -0.15) is 13.2 Å². The zero-order valence-electron chi connectivity index (χ0n) is 13.2. The topological polar surface area (TPSA) is 52.6 Å². The Hall–Kier alpha value is -1.76. The van der Waals surface area contributed by atoms with Gasteiger partial charge in [-0.25, -0.2) is 4.79 Å². The number of urea groups is 1.